The first-order valence-electron chi connectivity index (χ1n) is 8.34. The highest BCUT2D eigenvalue weighted by molar-refractivity contribution is 5.79. The number of ether oxygens (including phenoxy) is 1. The molecule has 1 heterocycles. The number of nitrogens with zero attached hydrogens (tertiary/aromatic N) is 1. The van der Waals surface area contributed by atoms with E-state index in [1.165, 1.54) is 32.1 Å². The number of hydrogen-bond donors (Lipinski definition) is 0. The quantitative estimate of drug-likeness (QED) is 0.792. The van der Waals surface area contributed by atoms with E-state index in [9.17, 15) is 4.79 Å². The molecule has 20 heavy (non-hydrogen) atoms. The van der Waals surface area contributed by atoms with E-state index in [4.69, 9.17) is 4.74 Å². The summed E-state index contributed by atoms with van der Waals surface area (Å²) in [6.45, 7) is 9.76. The molecule has 1 aliphatic carbocycles. The van der Waals surface area contributed by atoms with Gasteiger partial charge in [0.1, 0.15) is 0 Å². The third-order valence-electron chi connectivity index (χ3n) is 4.69. The molecule has 0 unspecified atom stereocenters. The van der Waals surface area contributed by atoms with Gasteiger partial charge in [-0.3, -0.25) is 4.79 Å². The third kappa shape index (κ3) is 4.47. The van der Waals surface area contributed by atoms with Gasteiger partial charge in [-0.25, -0.2) is 0 Å². The molecule has 1 saturated carbocycles. The maximum atomic E-state index is 12.9. The zero-order valence-corrected chi connectivity index (χ0v) is 13.5. The van der Waals surface area contributed by atoms with Crippen molar-refractivity contribution in [2.45, 2.75) is 59.3 Å². The molecule has 3 nitrogen and oxygen atoms in total. The van der Waals surface area contributed by atoms with Crippen molar-refractivity contribution in [1.82, 2.24) is 4.90 Å². The fraction of sp³-hybridized carbons (Fsp3) is 0.941. The summed E-state index contributed by atoms with van der Waals surface area (Å²) in [5, 5.41) is 0. The van der Waals surface area contributed by atoms with Crippen molar-refractivity contribution in [3.05, 3.63) is 0 Å². The van der Waals surface area contributed by atoms with Gasteiger partial charge >= 0.3 is 0 Å². The van der Waals surface area contributed by atoms with Gasteiger partial charge in [0, 0.05) is 19.0 Å². The largest absolute Gasteiger partial charge is 0.378 e. The minimum absolute atomic E-state index is 0.226. The van der Waals surface area contributed by atoms with Crippen molar-refractivity contribution < 1.29 is 9.53 Å². The summed E-state index contributed by atoms with van der Waals surface area (Å²) < 4.78 is 5.38. The van der Waals surface area contributed by atoms with Crippen LogP contribution in [0.1, 0.15) is 59.3 Å². The van der Waals surface area contributed by atoms with Gasteiger partial charge in [0.15, 0.2) is 0 Å². The molecular weight excluding hydrogens is 250 g/mol. The number of carbonyl (C=O) groups excluding carboxylic acids is 1. The standard InChI is InChI=1S/C17H31NO2/c1-17(2,3)13-15(14-7-5-4-6-8-14)16(19)18-9-11-20-12-10-18/h14-15H,4-13H2,1-3H3/t15-/m0/s1. The van der Waals surface area contributed by atoms with E-state index in [2.05, 4.69) is 25.7 Å². The summed E-state index contributed by atoms with van der Waals surface area (Å²) in [5.41, 5.74) is 0.226. The summed E-state index contributed by atoms with van der Waals surface area (Å²) in [6.07, 6.45) is 7.48. The molecule has 1 saturated heterocycles. The van der Waals surface area contributed by atoms with Crippen LogP contribution in [0.5, 0.6) is 0 Å². The number of hydrogen-bond acceptors (Lipinski definition) is 2. The molecule has 0 aromatic rings. The summed E-state index contributed by atoms with van der Waals surface area (Å²) in [4.78, 5) is 15.0. The average molecular weight is 281 g/mol. The topological polar surface area (TPSA) is 29.5 Å². The van der Waals surface area contributed by atoms with Crippen LogP contribution in [0.25, 0.3) is 0 Å². The molecule has 0 N–H and O–H groups in total. The Bertz CT molecular complexity index is 309. The van der Waals surface area contributed by atoms with Crippen LogP contribution in [0, 0.1) is 17.3 Å². The van der Waals surface area contributed by atoms with E-state index in [1.807, 2.05) is 0 Å². The van der Waals surface area contributed by atoms with Gasteiger partial charge < -0.3 is 9.64 Å². The highest BCUT2D eigenvalue weighted by atomic mass is 16.5. The predicted molar refractivity (Wildman–Crippen MR) is 81.5 cm³/mol. The van der Waals surface area contributed by atoms with E-state index >= 15 is 0 Å². The summed E-state index contributed by atoms with van der Waals surface area (Å²) in [6, 6.07) is 0. The molecule has 0 aromatic heterocycles. The Morgan fingerprint density at radius 1 is 1.15 bits per heavy atom. The second-order valence-electron chi connectivity index (χ2n) is 7.71. The van der Waals surface area contributed by atoms with Crippen LogP contribution in [-0.2, 0) is 9.53 Å². The van der Waals surface area contributed by atoms with Gasteiger partial charge in [-0.15, -0.1) is 0 Å². The molecule has 1 atom stereocenters. The third-order valence-corrected chi connectivity index (χ3v) is 4.69. The van der Waals surface area contributed by atoms with E-state index in [1.54, 1.807) is 0 Å². The first-order chi connectivity index (χ1) is 9.47. The van der Waals surface area contributed by atoms with Crippen LogP contribution >= 0.6 is 0 Å². The second-order valence-corrected chi connectivity index (χ2v) is 7.71. The Balaban J connectivity index is 2.05. The minimum atomic E-state index is 0.226. The lowest BCUT2D eigenvalue weighted by atomic mass is 9.72. The van der Waals surface area contributed by atoms with E-state index in [0.29, 0.717) is 25.0 Å². The molecule has 3 heteroatoms. The monoisotopic (exact) mass is 281 g/mol. The van der Waals surface area contributed by atoms with Gasteiger partial charge in [0.2, 0.25) is 5.91 Å². The van der Waals surface area contributed by atoms with Crippen molar-refractivity contribution in [3.8, 4) is 0 Å². The van der Waals surface area contributed by atoms with E-state index in [-0.39, 0.29) is 11.3 Å². The Kier molecular flexibility index (Phi) is 5.48. The maximum Gasteiger partial charge on any atom is 0.226 e. The van der Waals surface area contributed by atoms with Gasteiger partial charge in [-0.1, -0.05) is 40.0 Å². The number of morpholine rings is 1. The van der Waals surface area contributed by atoms with Gasteiger partial charge in [-0.2, -0.15) is 0 Å². The molecule has 2 rings (SSSR count). The Morgan fingerprint density at radius 2 is 1.75 bits per heavy atom. The first kappa shape index (κ1) is 15.8. The van der Waals surface area contributed by atoms with Crippen LogP contribution in [-0.4, -0.2) is 37.1 Å². The van der Waals surface area contributed by atoms with Crippen LogP contribution < -0.4 is 0 Å². The number of amides is 1. The summed E-state index contributed by atoms with van der Waals surface area (Å²) >= 11 is 0. The molecule has 0 radical (unpaired) electrons. The molecule has 2 aliphatic rings. The minimum Gasteiger partial charge on any atom is -0.378 e. The molecule has 0 spiro atoms. The van der Waals surface area contributed by atoms with Crippen molar-refractivity contribution >= 4 is 5.91 Å². The Hall–Kier alpha value is -0.570. The molecule has 0 aromatic carbocycles. The van der Waals surface area contributed by atoms with Crippen LogP contribution in [0.15, 0.2) is 0 Å². The zero-order chi connectivity index (χ0) is 14.6. The zero-order valence-electron chi connectivity index (χ0n) is 13.5. The fourth-order valence-corrected chi connectivity index (χ4v) is 3.67. The van der Waals surface area contributed by atoms with Crippen LogP contribution in [0.2, 0.25) is 0 Å². The molecule has 1 aliphatic heterocycles. The lowest BCUT2D eigenvalue weighted by Crippen LogP contribution is -2.46. The lowest BCUT2D eigenvalue weighted by molar-refractivity contribution is -0.143. The SMILES string of the molecule is CC(C)(C)C[C@H](C(=O)N1CCOCC1)C1CCCCC1. The molecular formula is C17H31NO2. The predicted octanol–water partition coefficient (Wildman–Crippen LogP) is 3.48. The second kappa shape index (κ2) is 6.93. The molecule has 116 valence electrons. The summed E-state index contributed by atoms with van der Waals surface area (Å²) in [5.74, 6) is 1.24. The Morgan fingerprint density at radius 3 is 2.30 bits per heavy atom. The van der Waals surface area contributed by atoms with Gasteiger partial charge in [0.25, 0.3) is 0 Å². The maximum absolute atomic E-state index is 12.9. The van der Waals surface area contributed by atoms with Crippen LogP contribution in [0.4, 0.5) is 0 Å². The van der Waals surface area contributed by atoms with E-state index in [0.717, 1.165) is 19.5 Å². The van der Waals surface area contributed by atoms with Crippen molar-refractivity contribution in [3.63, 3.8) is 0 Å². The van der Waals surface area contributed by atoms with Crippen molar-refractivity contribution in [2.75, 3.05) is 26.3 Å². The molecule has 2 fully saturated rings. The van der Waals surface area contributed by atoms with Crippen LogP contribution in [0.3, 0.4) is 0 Å². The molecule has 1 amide bonds. The Labute approximate surface area is 124 Å². The summed E-state index contributed by atoms with van der Waals surface area (Å²) in [7, 11) is 0. The first-order valence-corrected chi connectivity index (χ1v) is 8.34. The molecule has 0 bridgehead atoms. The van der Waals surface area contributed by atoms with Gasteiger partial charge in [0.05, 0.1) is 13.2 Å². The average Bonchev–Trinajstić information content (AvgIpc) is 2.45. The van der Waals surface area contributed by atoms with Crippen molar-refractivity contribution in [2.24, 2.45) is 17.3 Å². The van der Waals surface area contributed by atoms with Crippen molar-refractivity contribution in [1.29, 1.82) is 0 Å². The fourth-order valence-electron chi connectivity index (χ4n) is 3.67. The highest BCUT2D eigenvalue weighted by Crippen LogP contribution is 2.37. The smallest absolute Gasteiger partial charge is 0.226 e. The number of rotatable bonds is 3. The normalized spacial score (nSPS) is 23.6. The van der Waals surface area contributed by atoms with Gasteiger partial charge in [-0.05, 0) is 30.6 Å². The van der Waals surface area contributed by atoms with E-state index < -0.39 is 0 Å². The highest BCUT2D eigenvalue weighted by Gasteiger charge is 2.35. The lowest BCUT2D eigenvalue weighted by Gasteiger charge is -2.38. The number of carbonyl (C=O) groups is 1.